The van der Waals surface area contributed by atoms with Crippen molar-refractivity contribution < 1.29 is 9.53 Å². The van der Waals surface area contributed by atoms with Gasteiger partial charge in [0.25, 0.3) is 0 Å². The summed E-state index contributed by atoms with van der Waals surface area (Å²) in [6.45, 7) is 5.03. The monoisotopic (exact) mass is 184 g/mol. The molecule has 0 bridgehead atoms. The number of rotatable bonds is 3. The number of aromatic nitrogens is 2. The fourth-order valence-electron chi connectivity index (χ4n) is 0.774. The third-order valence-corrected chi connectivity index (χ3v) is 1.29. The molecule has 1 aromatic rings. The zero-order chi connectivity index (χ0) is 10.1. The molecule has 0 aliphatic heterocycles. The molecule has 13 heavy (non-hydrogen) atoms. The van der Waals surface area contributed by atoms with Gasteiger partial charge in [-0.2, -0.15) is 5.10 Å². The first-order valence-corrected chi connectivity index (χ1v) is 4.12. The Morgan fingerprint density at radius 1 is 1.69 bits per heavy atom. The molecule has 4 nitrogen and oxygen atoms in total. The molecule has 1 heterocycles. The zero-order valence-corrected chi connectivity index (χ0v) is 8.36. The highest BCUT2D eigenvalue weighted by molar-refractivity contribution is 5.44. The number of hydrogen-bond donors (Lipinski definition) is 0. The highest BCUT2D eigenvalue weighted by Crippen LogP contribution is 1.92. The second kappa shape index (κ2) is 7.49. The molecule has 0 amide bonds. The van der Waals surface area contributed by atoms with E-state index in [1.807, 2.05) is 24.0 Å². The van der Waals surface area contributed by atoms with E-state index in [2.05, 4.69) is 5.10 Å². The average Bonchev–Trinajstić information content (AvgIpc) is 2.49. The van der Waals surface area contributed by atoms with Crippen LogP contribution in [0, 0.1) is 6.92 Å². The molecule has 1 rings (SSSR count). The summed E-state index contributed by atoms with van der Waals surface area (Å²) in [5.74, 6) is 0. The van der Waals surface area contributed by atoms with Gasteiger partial charge in [-0.25, -0.2) is 0 Å². The molecule has 1 aromatic heterocycles. The van der Waals surface area contributed by atoms with Crippen molar-refractivity contribution in [3.63, 3.8) is 0 Å². The van der Waals surface area contributed by atoms with Crippen molar-refractivity contribution in [2.24, 2.45) is 0 Å². The lowest BCUT2D eigenvalue weighted by Gasteiger charge is -1.97. The third-order valence-electron chi connectivity index (χ3n) is 1.29. The maximum Gasteiger partial charge on any atom is 0.116 e. The van der Waals surface area contributed by atoms with E-state index in [0.717, 1.165) is 19.4 Å². The van der Waals surface area contributed by atoms with Crippen LogP contribution in [0.5, 0.6) is 0 Å². The average molecular weight is 184 g/mol. The SMILES string of the molecule is CC=O.COCCn1cc(C)cn1. The molecule has 0 saturated carbocycles. The van der Waals surface area contributed by atoms with Gasteiger partial charge < -0.3 is 9.53 Å². The number of aldehydes is 1. The molecular weight excluding hydrogens is 168 g/mol. The molecule has 74 valence electrons. The molecule has 0 atom stereocenters. The van der Waals surface area contributed by atoms with Crippen LogP contribution in [0.3, 0.4) is 0 Å². The summed E-state index contributed by atoms with van der Waals surface area (Å²) in [5, 5.41) is 4.09. The first-order valence-electron chi connectivity index (χ1n) is 4.12. The van der Waals surface area contributed by atoms with Crippen LogP contribution in [0.2, 0.25) is 0 Å². The zero-order valence-electron chi connectivity index (χ0n) is 8.36. The Kier molecular flexibility index (Phi) is 6.82. The maximum absolute atomic E-state index is 8.81. The van der Waals surface area contributed by atoms with Crippen molar-refractivity contribution in [3.8, 4) is 0 Å². The topological polar surface area (TPSA) is 44.1 Å². The highest BCUT2D eigenvalue weighted by Gasteiger charge is 1.90. The fourth-order valence-corrected chi connectivity index (χ4v) is 0.774. The van der Waals surface area contributed by atoms with E-state index >= 15 is 0 Å². The summed E-state index contributed by atoms with van der Waals surface area (Å²) in [7, 11) is 1.69. The Morgan fingerprint density at radius 2 is 2.31 bits per heavy atom. The van der Waals surface area contributed by atoms with Crippen LogP contribution in [0.4, 0.5) is 0 Å². The molecule has 0 spiro atoms. The van der Waals surface area contributed by atoms with E-state index in [1.165, 1.54) is 12.5 Å². The van der Waals surface area contributed by atoms with Crippen LogP contribution in [0.25, 0.3) is 0 Å². The summed E-state index contributed by atoms with van der Waals surface area (Å²) in [4.78, 5) is 8.81. The van der Waals surface area contributed by atoms with Crippen LogP contribution < -0.4 is 0 Å². The minimum absolute atomic E-state index is 0.723. The Balaban J connectivity index is 0.000000424. The number of methoxy groups -OCH3 is 1. The Morgan fingerprint density at radius 3 is 2.69 bits per heavy atom. The second-order valence-corrected chi connectivity index (χ2v) is 2.51. The fraction of sp³-hybridized carbons (Fsp3) is 0.556. The normalized spacial score (nSPS) is 8.85. The van der Waals surface area contributed by atoms with E-state index in [-0.39, 0.29) is 0 Å². The van der Waals surface area contributed by atoms with Gasteiger partial charge in [-0.1, -0.05) is 0 Å². The Bertz CT molecular complexity index is 233. The van der Waals surface area contributed by atoms with Crippen molar-refractivity contribution in [2.45, 2.75) is 20.4 Å². The minimum Gasteiger partial charge on any atom is -0.383 e. The van der Waals surface area contributed by atoms with Crippen LogP contribution >= 0.6 is 0 Å². The molecular formula is C9H16N2O2. The quantitative estimate of drug-likeness (QED) is 0.659. The third kappa shape index (κ3) is 6.04. The number of nitrogens with zero attached hydrogens (tertiary/aromatic N) is 2. The first-order chi connectivity index (χ1) is 6.24. The highest BCUT2D eigenvalue weighted by atomic mass is 16.5. The number of carbonyl (C=O) groups excluding carboxylic acids is 1. The van der Waals surface area contributed by atoms with Gasteiger partial charge in [0.05, 0.1) is 19.3 Å². The summed E-state index contributed by atoms with van der Waals surface area (Å²) >= 11 is 0. The van der Waals surface area contributed by atoms with Gasteiger partial charge in [-0.15, -0.1) is 0 Å². The van der Waals surface area contributed by atoms with Gasteiger partial charge >= 0.3 is 0 Å². The maximum atomic E-state index is 8.81. The summed E-state index contributed by atoms with van der Waals surface area (Å²) < 4.78 is 6.77. The Hall–Kier alpha value is -1.16. The smallest absolute Gasteiger partial charge is 0.116 e. The number of aryl methyl sites for hydroxylation is 1. The molecule has 0 saturated heterocycles. The van der Waals surface area contributed by atoms with Gasteiger partial charge in [0.15, 0.2) is 0 Å². The Labute approximate surface area is 78.5 Å². The number of carbonyl (C=O) groups is 1. The van der Waals surface area contributed by atoms with Crippen LogP contribution in [-0.2, 0) is 16.1 Å². The minimum atomic E-state index is 0.723. The lowest BCUT2D eigenvalue weighted by molar-refractivity contribution is -0.106. The lowest BCUT2D eigenvalue weighted by atomic mass is 10.4. The van der Waals surface area contributed by atoms with Gasteiger partial charge in [-0.3, -0.25) is 4.68 Å². The standard InChI is InChI=1S/C7H12N2O.C2H4O/c1-7-5-8-9(6-7)3-4-10-2;1-2-3/h5-6H,3-4H2,1-2H3;2H,1H3. The van der Waals surface area contributed by atoms with Crippen molar-refractivity contribution >= 4 is 6.29 Å². The van der Waals surface area contributed by atoms with Gasteiger partial charge in [0.1, 0.15) is 6.29 Å². The molecule has 4 heteroatoms. The molecule has 0 radical (unpaired) electrons. The number of hydrogen-bond acceptors (Lipinski definition) is 3. The second-order valence-electron chi connectivity index (χ2n) is 2.51. The summed E-state index contributed by atoms with van der Waals surface area (Å²) in [6, 6.07) is 0. The molecule has 0 fully saturated rings. The van der Waals surface area contributed by atoms with E-state index in [1.54, 1.807) is 7.11 Å². The van der Waals surface area contributed by atoms with E-state index < -0.39 is 0 Å². The van der Waals surface area contributed by atoms with Crippen molar-refractivity contribution in [3.05, 3.63) is 18.0 Å². The molecule has 0 aromatic carbocycles. The summed E-state index contributed by atoms with van der Waals surface area (Å²) in [6.07, 6.45) is 4.59. The summed E-state index contributed by atoms with van der Waals surface area (Å²) in [5.41, 5.74) is 1.19. The molecule has 0 unspecified atom stereocenters. The largest absolute Gasteiger partial charge is 0.383 e. The van der Waals surface area contributed by atoms with Gasteiger partial charge in [0.2, 0.25) is 0 Å². The number of ether oxygens (including phenoxy) is 1. The van der Waals surface area contributed by atoms with E-state index in [9.17, 15) is 0 Å². The van der Waals surface area contributed by atoms with Crippen LogP contribution in [0.15, 0.2) is 12.4 Å². The van der Waals surface area contributed by atoms with Crippen LogP contribution in [0.1, 0.15) is 12.5 Å². The van der Waals surface area contributed by atoms with E-state index in [4.69, 9.17) is 9.53 Å². The van der Waals surface area contributed by atoms with Gasteiger partial charge in [0, 0.05) is 13.3 Å². The van der Waals surface area contributed by atoms with Crippen LogP contribution in [-0.4, -0.2) is 29.8 Å². The van der Waals surface area contributed by atoms with Crippen molar-refractivity contribution in [2.75, 3.05) is 13.7 Å². The molecule has 0 N–H and O–H groups in total. The molecule has 0 aliphatic rings. The first kappa shape index (κ1) is 11.8. The van der Waals surface area contributed by atoms with Crippen molar-refractivity contribution in [1.29, 1.82) is 0 Å². The predicted molar refractivity (Wildman–Crippen MR) is 50.6 cm³/mol. The van der Waals surface area contributed by atoms with Crippen molar-refractivity contribution in [1.82, 2.24) is 9.78 Å². The predicted octanol–water partition coefficient (Wildman–Crippen LogP) is 1.04. The van der Waals surface area contributed by atoms with E-state index in [0.29, 0.717) is 0 Å². The van der Waals surface area contributed by atoms with Gasteiger partial charge in [-0.05, 0) is 19.4 Å². The lowest BCUT2D eigenvalue weighted by Crippen LogP contribution is -2.03. The molecule has 0 aliphatic carbocycles.